The van der Waals surface area contributed by atoms with Crippen molar-refractivity contribution in [1.82, 2.24) is 4.98 Å². The van der Waals surface area contributed by atoms with Gasteiger partial charge in [0, 0.05) is 12.7 Å². The van der Waals surface area contributed by atoms with Crippen molar-refractivity contribution in [3.63, 3.8) is 0 Å². The summed E-state index contributed by atoms with van der Waals surface area (Å²) in [6.45, 7) is 3.26. The number of hydrogen-bond donors (Lipinski definition) is 0. The first-order valence-electron chi connectivity index (χ1n) is 7.70. The van der Waals surface area contributed by atoms with Crippen molar-refractivity contribution in [3.05, 3.63) is 66.6 Å². The molecule has 0 bridgehead atoms. The van der Waals surface area contributed by atoms with Crippen molar-refractivity contribution in [1.29, 1.82) is 0 Å². The van der Waals surface area contributed by atoms with E-state index in [1.165, 1.54) is 0 Å². The molecule has 0 unspecified atom stereocenters. The molecule has 0 saturated carbocycles. The van der Waals surface area contributed by atoms with E-state index in [9.17, 15) is 0 Å². The van der Waals surface area contributed by atoms with E-state index >= 15 is 0 Å². The lowest BCUT2D eigenvalue weighted by Gasteiger charge is -2.17. The fraction of sp³-hybridized carbons (Fsp3) is 0.211. The highest BCUT2D eigenvalue weighted by Crippen LogP contribution is 2.29. The molecule has 3 aromatic rings. The molecule has 0 N–H and O–H groups in total. The average molecular weight is 308 g/mol. The summed E-state index contributed by atoms with van der Waals surface area (Å²) in [7, 11) is 2.04. The number of oxazole rings is 1. The summed E-state index contributed by atoms with van der Waals surface area (Å²) in [6, 6.07) is 18.0. The topological polar surface area (TPSA) is 38.5 Å². The number of aromatic nitrogens is 1. The van der Waals surface area contributed by atoms with Gasteiger partial charge in [-0.3, -0.25) is 0 Å². The minimum Gasteiger partial charge on any atom is -0.493 e. The summed E-state index contributed by atoms with van der Waals surface area (Å²) in [4.78, 5) is 6.74. The van der Waals surface area contributed by atoms with Gasteiger partial charge in [-0.15, -0.1) is 0 Å². The summed E-state index contributed by atoms with van der Waals surface area (Å²) >= 11 is 0. The van der Waals surface area contributed by atoms with Gasteiger partial charge in [0.25, 0.3) is 0 Å². The maximum atomic E-state index is 5.66. The lowest BCUT2D eigenvalue weighted by molar-refractivity contribution is 0.340. The molecule has 4 heteroatoms. The highest BCUT2D eigenvalue weighted by molar-refractivity contribution is 5.62. The number of benzene rings is 2. The van der Waals surface area contributed by atoms with Gasteiger partial charge in [-0.2, -0.15) is 0 Å². The van der Waals surface area contributed by atoms with Crippen LogP contribution in [0.25, 0.3) is 11.5 Å². The molecule has 1 heterocycles. The molecule has 0 fully saturated rings. The molecular weight excluding hydrogens is 288 g/mol. The molecule has 0 aliphatic carbocycles. The van der Waals surface area contributed by atoms with Crippen LogP contribution in [0.5, 0.6) is 5.75 Å². The summed E-state index contributed by atoms with van der Waals surface area (Å²) in [5.41, 5.74) is 2.91. The van der Waals surface area contributed by atoms with Gasteiger partial charge in [0.15, 0.2) is 0 Å². The number of rotatable bonds is 6. The molecule has 0 radical (unpaired) electrons. The van der Waals surface area contributed by atoms with Crippen LogP contribution in [-0.2, 0) is 6.54 Å². The summed E-state index contributed by atoms with van der Waals surface area (Å²) in [6.07, 6.45) is 1.71. The minimum absolute atomic E-state index is 0.588. The van der Waals surface area contributed by atoms with Gasteiger partial charge < -0.3 is 14.1 Å². The SMILES string of the molecule is CCOc1ccccc1-c1nc(CN(C)c2ccccc2)co1. The Bertz CT molecular complexity index is 753. The number of para-hydroxylation sites is 2. The first kappa shape index (κ1) is 15.2. The third-order valence-corrected chi connectivity index (χ3v) is 3.57. The van der Waals surface area contributed by atoms with Crippen LogP contribution in [0.2, 0.25) is 0 Å². The zero-order chi connectivity index (χ0) is 16.1. The maximum absolute atomic E-state index is 5.66. The van der Waals surface area contributed by atoms with Crippen LogP contribution in [0, 0.1) is 0 Å². The van der Waals surface area contributed by atoms with Gasteiger partial charge in [0.2, 0.25) is 5.89 Å². The van der Waals surface area contributed by atoms with Crippen LogP contribution < -0.4 is 9.64 Å². The van der Waals surface area contributed by atoms with Crippen LogP contribution in [-0.4, -0.2) is 18.6 Å². The molecule has 2 aromatic carbocycles. The highest BCUT2D eigenvalue weighted by Gasteiger charge is 2.13. The van der Waals surface area contributed by atoms with E-state index in [-0.39, 0.29) is 0 Å². The Morgan fingerprint density at radius 1 is 1.04 bits per heavy atom. The Morgan fingerprint density at radius 3 is 2.57 bits per heavy atom. The first-order valence-corrected chi connectivity index (χ1v) is 7.70. The van der Waals surface area contributed by atoms with E-state index < -0.39 is 0 Å². The maximum Gasteiger partial charge on any atom is 0.229 e. The molecule has 4 nitrogen and oxygen atoms in total. The molecule has 0 atom stereocenters. The van der Waals surface area contributed by atoms with Gasteiger partial charge in [-0.05, 0) is 31.2 Å². The monoisotopic (exact) mass is 308 g/mol. The first-order chi connectivity index (χ1) is 11.3. The normalized spacial score (nSPS) is 10.5. The van der Waals surface area contributed by atoms with Crippen molar-refractivity contribution >= 4 is 5.69 Å². The average Bonchev–Trinajstić information content (AvgIpc) is 3.05. The lowest BCUT2D eigenvalue weighted by Crippen LogP contribution is -2.16. The largest absolute Gasteiger partial charge is 0.493 e. The molecule has 0 saturated heterocycles. The van der Waals surface area contributed by atoms with E-state index in [0.717, 1.165) is 22.7 Å². The van der Waals surface area contributed by atoms with Crippen molar-refractivity contribution in [2.45, 2.75) is 13.5 Å². The molecule has 0 spiro atoms. The highest BCUT2D eigenvalue weighted by atomic mass is 16.5. The molecule has 1 aromatic heterocycles. The van der Waals surface area contributed by atoms with Crippen LogP contribution in [0.3, 0.4) is 0 Å². The van der Waals surface area contributed by atoms with Gasteiger partial charge in [-0.1, -0.05) is 30.3 Å². The Morgan fingerprint density at radius 2 is 1.78 bits per heavy atom. The number of anilines is 1. The second kappa shape index (κ2) is 7.01. The van der Waals surface area contributed by atoms with Crippen LogP contribution in [0.15, 0.2) is 65.3 Å². The molecule has 0 amide bonds. The number of ether oxygens (including phenoxy) is 1. The van der Waals surface area contributed by atoms with Crippen LogP contribution in [0.1, 0.15) is 12.6 Å². The third-order valence-electron chi connectivity index (χ3n) is 3.57. The molecule has 0 aliphatic heterocycles. The van der Waals surface area contributed by atoms with E-state index in [1.54, 1.807) is 6.26 Å². The van der Waals surface area contributed by atoms with Gasteiger partial charge in [0.05, 0.1) is 24.4 Å². The predicted octanol–water partition coefficient (Wildman–Crippen LogP) is 4.38. The van der Waals surface area contributed by atoms with E-state index in [1.807, 2.05) is 56.4 Å². The van der Waals surface area contributed by atoms with Crippen molar-refractivity contribution in [3.8, 4) is 17.2 Å². The quantitative estimate of drug-likeness (QED) is 0.677. The van der Waals surface area contributed by atoms with Crippen LogP contribution >= 0.6 is 0 Å². The minimum atomic E-state index is 0.588. The Balaban J connectivity index is 1.79. The third kappa shape index (κ3) is 3.54. The summed E-state index contributed by atoms with van der Waals surface area (Å²) in [5, 5.41) is 0. The lowest BCUT2D eigenvalue weighted by atomic mass is 10.2. The fourth-order valence-corrected chi connectivity index (χ4v) is 2.44. The smallest absolute Gasteiger partial charge is 0.229 e. The van der Waals surface area contributed by atoms with Gasteiger partial charge in [-0.25, -0.2) is 4.98 Å². The second-order valence-corrected chi connectivity index (χ2v) is 5.26. The van der Waals surface area contributed by atoms with Crippen molar-refractivity contribution in [2.75, 3.05) is 18.6 Å². The Hall–Kier alpha value is -2.75. The molecule has 0 aliphatic rings. The van der Waals surface area contributed by atoms with E-state index in [2.05, 4.69) is 22.0 Å². The van der Waals surface area contributed by atoms with Crippen molar-refractivity contribution < 1.29 is 9.15 Å². The molecular formula is C19H20N2O2. The number of nitrogens with zero attached hydrogens (tertiary/aromatic N) is 2. The fourth-order valence-electron chi connectivity index (χ4n) is 2.44. The van der Waals surface area contributed by atoms with E-state index in [4.69, 9.17) is 9.15 Å². The van der Waals surface area contributed by atoms with Crippen molar-refractivity contribution in [2.24, 2.45) is 0 Å². The number of hydrogen-bond acceptors (Lipinski definition) is 4. The van der Waals surface area contributed by atoms with E-state index in [0.29, 0.717) is 19.0 Å². The molecule has 118 valence electrons. The Kier molecular flexibility index (Phi) is 4.62. The zero-order valence-corrected chi connectivity index (χ0v) is 13.4. The van der Waals surface area contributed by atoms with Crippen LogP contribution in [0.4, 0.5) is 5.69 Å². The molecule has 3 rings (SSSR count). The second-order valence-electron chi connectivity index (χ2n) is 5.26. The standard InChI is InChI=1S/C19H20N2O2/c1-3-22-18-12-8-7-11-17(18)19-20-15(14-23-19)13-21(2)16-9-5-4-6-10-16/h4-12,14H,3,13H2,1-2H3. The van der Waals surface area contributed by atoms with Gasteiger partial charge >= 0.3 is 0 Å². The Labute approximate surface area is 136 Å². The van der Waals surface area contributed by atoms with Gasteiger partial charge in [0.1, 0.15) is 12.0 Å². The summed E-state index contributed by atoms with van der Waals surface area (Å²) in [5.74, 6) is 1.38. The molecule has 23 heavy (non-hydrogen) atoms. The zero-order valence-electron chi connectivity index (χ0n) is 13.4. The summed E-state index contributed by atoms with van der Waals surface area (Å²) < 4.78 is 11.3. The predicted molar refractivity (Wildman–Crippen MR) is 91.7 cm³/mol.